The normalized spacial score (nSPS) is 20.4. The molecule has 3 rings (SSSR count). The highest BCUT2D eigenvalue weighted by molar-refractivity contribution is 5.75. The molecule has 0 spiro atoms. The van der Waals surface area contributed by atoms with E-state index < -0.39 is 23.8 Å². The summed E-state index contributed by atoms with van der Waals surface area (Å²) in [6.07, 6.45) is 1.78. The predicted octanol–water partition coefficient (Wildman–Crippen LogP) is 6.98. The van der Waals surface area contributed by atoms with E-state index >= 15 is 0 Å². The average Bonchev–Trinajstić information content (AvgIpc) is 2.82. The number of hydrogen-bond donors (Lipinski definition) is 0. The van der Waals surface area contributed by atoms with Crippen LogP contribution in [0.25, 0.3) is 11.1 Å². The Balaban J connectivity index is 1.60. The molecular formula is C26H31F3O3. The van der Waals surface area contributed by atoms with E-state index in [-0.39, 0.29) is 35.9 Å². The number of alkyl halides is 1. The van der Waals surface area contributed by atoms with Crippen molar-refractivity contribution in [3.63, 3.8) is 0 Å². The van der Waals surface area contributed by atoms with Gasteiger partial charge in [0.25, 0.3) is 0 Å². The van der Waals surface area contributed by atoms with Crippen LogP contribution in [0.4, 0.5) is 13.2 Å². The van der Waals surface area contributed by atoms with Crippen LogP contribution in [-0.2, 0) is 9.53 Å². The maximum Gasteiger partial charge on any atom is 0.341 e. The Morgan fingerprint density at radius 2 is 1.66 bits per heavy atom. The molecule has 3 nitrogen and oxygen atoms in total. The van der Waals surface area contributed by atoms with E-state index in [4.69, 9.17) is 9.47 Å². The molecule has 1 aliphatic carbocycles. The lowest BCUT2D eigenvalue weighted by Crippen LogP contribution is -2.31. The molecule has 2 aromatic rings. The number of rotatable bonds is 8. The molecular weight excluding hydrogens is 417 g/mol. The van der Waals surface area contributed by atoms with Crippen molar-refractivity contribution in [2.45, 2.75) is 71.1 Å². The summed E-state index contributed by atoms with van der Waals surface area (Å²) in [6.45, 7) is 5.53. The maximum absolute atomic E-state index is 14.5. The number of carbonyl (C=O) groups excluding carboxylic acids is 1. The van der Waals surface area contributed by atoms with Gasteiger partial charge in [-0.05, 0) is 67.7 Å². The average molecular weight is 449 g/mol. The number of hydrogen-bond acceptors (Lipinski definition) is 3. The lowest BCUT2D eigenvalue weighted by atomic mass is 9.82. The summed E-state index contributed by atoms with van der Waals surface area (Å²) in [5.74, 6) is -2.80. The summed E-state index contributed by atoms with van der Waals surface area (Å²) < 4.78 is 53.2. The van der Waals surface area contributed by atoms with Crippen LogP contribution in [0.5, 0.6) is 5.75 Å². The van der Waals surface area contributed by atoms with Crippen LogP contribution in [0.3, 0.4) is 0 Å². The van der Waals surface area contributed by atoms with Crippen molar-refractivity contribution in [1.29, 1.82) is 0 Å². The summed E-state index contributed by atoms with van der Waals surface area (Å²) in [4.78, 5) is 12.0. The van der Waals surface area contributed by atoms with Crippen molar-refractivity contribution in [2.24, 2.45) is 5.92 Å². The van der Waals surface area contributed by atoms with Crippen LogP contribution in [0.15, 0.2) is 36.4 Å². The molecule has 2 atom stereocenters. The molecule has 0 amide bonds. The lowest BCUT2D eigenvalue weighted by molar-refractivity contribution is -0.158. The third-order valence-corrected chi connectivity index (χ3v) is 6.37. The molecule has 0 aromatic heterocycles. The van der Waals surface area contributed by atoms with Gasteiger partial charge in [-0.25, -0.2) is 13.6 Å². The summed E-state index contributed by atoms with van der Waals surface area (Å²) in [7, 11) is 0. The Labute approximate surface area is 187 Å². The fourth-order valence-electron chi connectivity index (χ4n) is 4.14. The van der Waals surface area contributed by atoms with E-state index in [1.807, 2.05) is 19.1 Å². The Kier molecular flexibility index (Phi) is 8.21. The minimum Gasteiger partial charge on any atom is -0.491 e. The minimum atomic E-state index is -1.57. The maximum atomic E-state index is 14.5. The third kappa shape index (κ3) is 5.45. The molecule has 6 heteroatoms. The summed E-state index contributed by atoms with van der Waals surface area (Å²) in [5, 5.41) is 0. The summed E-state index contributed by atoms with van der Waals surface area (Å²) >= 11 is 0. The minimum absolute atomic E-state index is 0.0916. The molecule has 0 aliphatic heterocycles. The highest BCUT2D eigenvalue weighted by Crippen LogP contribution is 2.36. The van der Waals surface area contributed by atoms with E-state index in [2.05, 4.69) is 0 Å². The largest absolute Gasteiger partial charge is 0.491 e. The third-order valence-electron chi connectivity index (χ3n) is 6.37. The second kappa shape index (κ2) is 10.9. The van der Waals surface area contributed by atoms with Gasteiger partial charge in [0.2, 0.25) is 5.82 Å². The second-order valence-electron chi connectivity index (χ2n) is 8.49. The van der Waals surface area contributed by atoms with Gasteiger partial charge in [-0.15, -0.1) is 0 Å². The van der Waals surface area contributed by atoms with Crippen molar-refractivity contribution in [3.05, 3.63) is 53.6 Å². The zero-order valence-electron chi connectivity index (χ0n) is 18.9. The fourth-order valence-corrected chi connectivity index (χ4v) is 4.14. The molecule has 174 valence electrons. The molecule has 1 fully saturated rings. The predicted molar refractivity (Wildman–Crippen MR) is 118 cm³/mol. The van der Waals surface area contributed by atoms with Crippen LogP contribution < -0.4 is 4.74 Å². The molecule has 2 aromatic carbocycles. The van der Waals surface area contributed by atoms with Crippen molar-refractivity contribution >= 4 is 5.97 Å². The zero-order chi connectivity index (χ0) is 23.3. The molecule has 0 bridgehead atoms. The van der Waals surface area contributed by atoms with Crippen molar-refractivity contribution in [1.82, 2.24) is 0 Å². The van der Waals surface area contributed by atoms with Crippen LogP contribution >= 0.6 is 0 Å². The molecule has 0 saturated heterocycles. The first kappa shape index (κ1) is 24.1. The van der Waals surface area contributed by atoms with Gasteiger partial charge in [-0.2, -0.15) is 4.39 Å². The van der Waals surface area contributed by atoms with Crippen LogP contribution in [0.1, 0.15) is 64.4 Å². The molecule has 0 radical (unpaired) electrons. The number of halogens is 3. The van der Waals surface area contributed by atoms with Gasteiger partial charge in [-0.3, -0.25) is 0 Å². The van der Waals surface area contributed by atoms with Gasteiger partial charge in [-0.1, -0.05) is 44.5 Å². The number of carbonyl (C=O) groups is 1. The fraction of sp³-hybridized carbons (Fsp3) is 0.500. The van der Waals surface area contributed by atoms with Crippen LogP contribution in [-0.4, -0.2) is 24.9 Å². The van der Waals surface area contributed by atoms with Crippen LogP contribution in [0, 0.1) is 17.6 Å². The van der Waals surface area contributed by atoms with E-state index in [9.17, 15) is 18.0 Å². The first-order valence-corrected chi connectivity index (χ1v) is 11.4. The van der Waals surface area contributed by atoms with E-state index in [0.717, 1.165) is 18.4 Å². The summed E-state index contributed by atoms with van der Waals surface area (Å²) in [5.41, 5.74) is 1.89. The summed E-state index contributed by atoms with van der Waals surface area (Å²) in [6, 6.07) is 10.4. The lowest BCUT2D eigenvalue weighted by Gasteiger charge is -2.29. The van der Waals surface area contributed by atoms with Gasteiger partial charge >= 0.3 is 5.97 Å². The van der Waals surface area contributed by atoms with E-state index in [1.165, 1.54) is 12.1 Å². The molecule has 0 unspecified atom stereocenters. The topological polar surface area (TPSA) is 35.5 Å². The number of ether oxygens (including phenoxy) is 2. The van der Waals surface area contributed by atoms with Gasteiger partial charge in [0.15, 0.2) is 17.7 Å². The highest BCUT2D eigenvalue weighted by atomic mass is 19.2. The molecule has 1 aliphatic rings. The first-order chi connectivity index (χ1) is 15.3. The Bertz CT molecular complexity index is 905. The monoisotopic (exact) mass is 448 g/mol. The quantitative estimate of drug-likeness (QED) is 0.409. The highest BCUT2D eigenvalue weighted by Gasteiger charge is 2.30. The standard InChI is InChI=1S/C26H31F3O3/c1-4-16(3)23(27)26(30)32-20-12-10-18(11-13-20)17-6-8-19(9-7-17)21-14-15-22(31-5-2)25(29)24(21)28/h6-9,14-16,18,20,23H,4-5,10-13H2,1-3H3/t16-,18?,20?,23-/m0/s1. The molecule has 0 N–H and O–H groups in total. The van der Waals surface area contributed by atoms with Gasteiger partial charge in [0.05, 0.1) is 6.61 Å². The number of benzene rings is 2. The van der Waals surface area contributed by atoms with E-state index in [1.54, 1.807) is 26.0 Å². The van der Waals surface area contributed by atoms with Crippen molar-refractivity contribution < 1.29 is 27.4 Å². The van der Waals surface area contributed by atoms with E-state index in [0.29, 0.717) is 24.8 Å². The smallest absolute Gasteiger partial charge is 0.341 e. The molecule has 1 saturated carbocycles. The van der Waals surface area contributed by atoms with Crippen molar-refractivity contribution in [2.75, 3.05) is 6.61 Å². The first-order valence-electron chi connectivity index (χ1n) is 11.4. The second-order valence-corrected chi connectivity index (χ2v) is 8.49. The molecule has 0 heterocycles. The Hall–Kier alpha value is -2.50. The van der Waals surface area contributed by atoms with Gasteiger partial charge in [0, 0.05) is 5.56 Å². The van der Waals surface area contributed by atoms with Gasteiger partial charge < -0.3 is 9.47 Å². The SMILES string of the molecule is CCOc1ccc(-c2ccc(C3CCC(OC(=O)[C@@H](F)[C@@H](C)CC)CC3)cc2)c(F)c1F. The zero-order valence-corrected chi connectivity index (χ0v) is 18.9. The number of esters is 1. The van der Waals surface area contributed by atoms with Crippen LogP contribution in [0.2, 0.25) is 0 Å². The molecule has 32 heavy (non-hydrogen) atoms. The Morgan fingerprint density at radius 3 is 2.25 bits per heavy atom. The van der Waals surface area contributed by atoms with Gasteiger partial charge in [0.1, 0.15) is 6.10 Å². The van der Waals surface area contributed by atoms with Crippen molar-refractivity contribution in [3.8, 4) is 16.9 Å². The Morgan fingerprint density at radius 1 is 1.00 bits per heavy atom.